The number of guanidine groups is 2. The number of fused-ring (bicyclic) bond motifs is 10. The number of carbonyl (C=O) groups excluding carboxylic acids is 12. The van der Waals surface area contributed by atoms with Gasteiger partial charge in [-0.25, -0.2) is 0 Å². The number of para-hydroxylation sites is 1. The second-order valence-electron chi connectivity index (χ2n) is 22.5. The number of amides is 12. The molecule has 0 spiro atoms. The van der Waals surface area contributed by atoms with Crippen LogP contribution in [0.3, 0.4) is 0 Å². The Balaban J connectivity index is 1.65. The number of H-pyrrole nitrogens is 1. The highest BCUT2D eigenvalue weighted by molar-refractivity contribution is 6.00. The van der Waals surface area contributed by atoms with Crippen molar-refractivity contribution in [3.05, 3.63) is 36.0 Å². The van der Waals surface area contributed by atoms with Crippen molar-refractivity contribution in [3.8, 4) is 0 Å². The lowest BCUT2D eigenvalue weighted by Gasteiger charge is -2.30. The van der Waals surface area contributed by atoms with Crippen LogP contribution in [-0.2, 0) is 68.7 Å². The van der Waals surface area contributed by atoms with Gasteiger partial charge >= 0.3 is 5.97 Å². The van der Waals surface area contributed by atoms with Crippen molar-refractivity contribution in [2.75, 3.05) is 32.8 Å². The number of aliphatic hydroxyl groups excluding tert-OH is 1. The summed E-state index contributed by atoms with van der Waals surface area (Å²) in [5.74, 6) is -13.9. The molecule has 25 N–H and O–H groups in total. The summed E-state index contributed by atoms with van der Waals surface area (Å²) in [7, 11) is 0. The Morgan fingerprint density at radius 2 is 1.12 bits per heavy atom. The number of aromatic amines is 1. The van der Waals surface area contributed by atoms with E-state index in [2.05, 4.69) is 68.1 Å². The summed E-state index contributed by atoms with van der Waals surface area (Å²) < 4.78 is 0. The first-order valence-corrected chi connectivity index (χ1v) is 30.1. The van der Waals surface area contributed by atoms with Crippen LogP contribution in [0.4, 0.5) is 0 Å². The molecule has 35 nitrogen and oxygen atoms in total. The summed E-state index contributed by atoms with van der Waals surface area (Å²) >= 11 is 0. The molecule has 3 saturated heterocycles. The van der Waals surface area contributed by atoms with Gasteiger partial charge in [-0.15, -0.1) is 0 Å². The fourth-order valence-electron chi connectivity index (χ4n) is 10.6. The van der Waals surface area contributed by atoms with E-state index in [1.54, 1.807) is 24.3 Å². The molecule has 4 heterocycles. The number of benzene rings is 1. The van der Waals surface area contributed by atoms with E-state index in [0.717, 1.165) is 10.3 Å². The highest BCUT2D eigenvalue weighted by atomic mass is 16.4. The largest absolute Gasteiger partial charge is 0.481 e. The minimum absolute atomic E-state index is 0.00280. The zero-order chi connectivity index (χ0) is 66.9. The van der Waals surface area contributed by atoms with Crippen molar-refractivity contribution in [2.24, 2.45) is 44.4 Å². The second kappa shape index (κ2) is 35.5. The number of nitrogens with zero attached hydrogens (tertiary/aromatic N) is 3. The number of carboxylic acid groups (broad SMARTS) is 1. The number of rotatable bonds is 16. The molecular weight excluding hydrogens is 1190 g/mol. The second-order valence-corrected chi connectivity index (χ2v) is 22.5. The van der Waals surface area contributed by atoms with Crippen LogP contribution in [0.5, 0.6) is 0 Å². The van der Waals surface area contributed by atoms with Gasteiger partial charge in [-0.1, -0.05) is 43.9 Å². The Hall–Kier alpha value is -9.67. The van der Waals surface area contributed by atoms with Gasteiger partial charge in [0.15, 0.2) is 11.9 Å². The minimum atomic E-state index is -1.92. The highest BCUT2D eigenvalue weighted by Crippen LogP contribution is 2.22. The van der Waals surface area contributed by atoms with Gasteiger partial charge in [0.2, 0.25) is 70.9 Å². The number of primary amides is 1. The van der Waals surface area contributed by atoms with Gasteiger partial charge in [0.25, 0.3) is 0 Å². The number of aromatic nitrogens is 1. The quantitative estimate of drug-likeness (QED) is 0.0422. The summed E-state index contributed by atoms with van der Waals surface area (Å²) in [5, 5.41) is 46.6. The maximum atomic E-state index is 14.6. The fraction of sp³-hybridized carbons (Fsp3) is 0.589. The monoisotopic (exact) mass is 1280 g/mol. The lowest BCUT2D eigenvalue weighted by molar-refractivity contribution is -0.146. The first kappa shape index (κ1) is 72.1. The van der Waals surface area contributed by atoms with E-state index in [0.29, 0.717) is 11.2 Å². The van der Waals surface area contributed by atoms with Crippen LogP contribution in [-0.4, -0.2) is 208 Å². The number of hydrogen-bond donors (Lipinski definition) is 19. The molecule has 11 atom stereocenters. The van der Waals surface area contributed by atoms with Crippen LogP contribution < -0.4 is 87.6 Å². The molecule has 3 aliphatic rings. The van der Waals surface area contributed by atoms with E-state index in [1.807, 2.05) is 6.07 Å². The van der Waals surface area contributed by atoms with Crippen LogP contribution in [0.25, 0.3) is 10.9 Å². The summed E-state index contributed by atoms with van der Waals surface area (Å²) in [5.41, 5.74) is 34.8. The number of aliphatic carboxylic acids is 1. The Morgan fingerprint density at radius 3 is 1.71 bits per heavy atom. The maximum Gasteiger partial charge on any atom is 0.305 e. The van der Waals surface area contributed by atoms with E-state index in [9.17, 15) is 72.5 Å². The summed E-state index contributed by atoms with van der Waals surface area (Å²) in [6.07, 6.45) is -2.26. The third kappa shape index (κ3) is 22.7. The first-order valence-electron chi connectivity index (χ1n) is 30.1. The molecule has 35 heteroatoms. The van der Waals surface area contributed by atoms with Gasteiger partial charge in [0.1, 0.15) is 66.5 Å². The zero-order valence-electron chi connectivity index (χ0n) is 50.6. The molecule has 500 valence electrons. The molecule has 0 aliphatic carbocycles. The van der Waals surface area contributed by atoms with Gasteiger partial charge in [0.05, 0.1) is 19.6 Å². The molecule has 3 aliphatic heterocycles. The number of carboxylic acids is 1. The Kier molecular flexibility index (Phi) is 28.1. The van der Waals surface area contributed by atoms with Crippen molar-refractivity contribution >= 4 is 99.7 Å². The third-order valence-electron chi connectivity index (χ3n) is 15.4. The predicted octanol–water partition coefficient (Wildman–Crippen LogP) is -7.26. The van der Waals surface area contributed by atoms with Crippen molar-refractivity contribution in [3.63, 3.8) is 0 Å². The Bertz CT molecular complexity index is 2990. The molecule has 2 unspecified atom stereocenters. The molecule has 91 heavy (non-hydrogen) atoms. The van der Waals surface area contributed by atoms with Gasteiger partial charge in [-0.2, -0.15) is 0 Å². The first-order chi connectivity index (χ1) is 43.3. The molecule has 2 aromatic rings. The van der Waals surface area contributed by atoms with Crippen LogP contribution in [0.15, 0.2) is 40.3 Å². The Morgan fingerprint density at radius 1 is 0.593 bits per heavy atom. The van der Waals surface area contributed by atoms with Crippen molar-refractivity contribution < 1.29 is 72.5 Å². The number of nitrogens with one attached hydrogen (secondary N) is 11. The number of aliphatic hydroxyl groups is 1. The van der Waals surface area contributed by atoms with Crippen molar-refractivity contribution in [1.29, 1.82) is 0 Å². The summed E-state index contributed by atoms with van der Waals surface area (Å²) in [6.45, 7) is -0.640. The summed E-state index contributed by atoms with van der Waals surface area (Å²) in [4.78, 5) is 194. The van der Waals surface area contributed by atoms with Gasteiger partial charge < -0.3 is 108 Å². The minimum Gasteiger partial charge on any atom is -0.481 e. The van der Waals surface area contributed by atoms with E-state index in [1.165, 1.54) is 6.92 Å². The SMILES string of the molecule is C[C@@H]1NC(=O)C2CCCC[C@H](NC(=O)CN)C(=O)N[C@@H](CCCC[C@@H](C(N)=O)NC(=O)[C@H](CCCN=C(N)N)NC(=O)[C@H](Cc3cc4ccccc4[nH]3)NC1=O)C(=O)N[C@@H](CO)C(=O)N[C@@H](CC(=O)O)C(=O)N1CCCC1C(=O)N[C@@H](CCCN=C(N)N)C(=O)N2. The van der Waals surface area contributed by atoms with Crippen LogP contribution in [0.1, 0.15) is 109 Å². The van der Waals surface area contributed by atoms with Crippen molar-refractivity contribution in [1.82, 2.24) is 63.1 Å². The van der Waals surface area contributed by atoms with E-state index < -0.39 is 163 Å². The summed E-state index contributed by atoms with van der Waals surface area (Å²) in [6, 6.07) is -8.25. The zero-order valence-corrected chi connectivity index (χ0v) is 50.6. The van der Waals surface area contributed by atoms with Crippen LogP contribution in [0, 0.1) is 0 Å². The van der Waals surface area contributed by atoms with E-state index in [-0.39, 0.29) is 128 Å². The standard InChI is InChI=1S/C56H86N20O15/c1-28-45(82)73-38(24-30-23-29-11-2-3-12-31(29)66-30)51(88)71-36(17-8-20-63-55(59)60)48(85)68-32(44(58)81)13-4-5-16-35-50(87)75-40(27-77)52(89)74-39(25-43(79)80)54(91)76-22-10-19-41(76)53(90)72-37(18-9-21-64-56(61)62)49(86)69-34(46(83)65-28)15-7-6-14-33(47(84)70-35)67-42(78)26-57/h2-3,11-12,23,28,32-41,66,77H,4-10,13-22,24-27,57H2,1H3,(H2,58,81)(H,65,83)(H,67,78)(H,68,85)(H,69,86)(H,70,84)(H,71,88)(H,72,90)(H,73,82)(H,74,89)(H,75,87)(H,79,80)(H4,59,60,63)(H4,61,62,64)/t28-,32-,33-,34?,35-,36-,37-,38-,39-,40-,41?/m0/s1. The molecular formula is C56H86N20O15. The molecule has 2 bridgehead atoms. The Labute approximate surface area is 523 Å². The van der Waals surface area contributed by atoms with Gasteiger partial charge in [-0.3, -0.25) is 72.3 Å². The van der Waals surface area contributed by atoms with Crippen molar-refractivity contribution in [2.45, 2.75) is 176 Å². The average molecular weight is 1280 g/mol. The van der Waals surface area contributed by atoms with Gasteiger partial charge in [-0.05, 0) is 88.7 Å². The molecule has 0 radical (unpaired) electrons. The van der Waals surface area contributed by atoms with Crippen LogP contribution >= 0.6 is 0 Å². The lowest BCUT2D eigenvalue weighted by atomic mass is 10.0. The topological polar surface area (TPSA) is 583 Å². The normalized spacial score (nSPS) is 26.1. The molecule has 5 rings (SSSR count). The predicted molar refractivity (Wildman–Crippen MR) is 326 cm³/mol. The van der Waals surface area contributed by atoms with E-state index >= 15 is 0 Å². The number of carbonyl (C=O) groups is 13. The molecule has 0 saturated carbocycles. The highest BCUT2D eigenvalue weighted by Gasteiger charge is 2.41. The smallest absolute Gasteiger partial charge is 0.305 e. The molecule has 1 aromatic heterocycles. The lowest BCUT2D eigenvalue weighted by Crippen LogP contribution is -2.61. The fourth-order valence-corrected chi connectivity index (χ4v) is 10.6. The number of hydrogen-bond acceptors (Lipinski definition) is 17. The van der Waals surface area contributed by atoms with Gasteiger partial charge in [0, 0.05) is 37.3 Å². The number of nitrogens with two attached hydrogens (primary N) is 6. The van der Waals surface area contributed by atoms with Crippen LogP contribution in [0.2, 0.25) is 0 Å². The maximum absolute atomic E-state index is 14.6. The third-order valence-corrected chi connectivity index (χ3v) is 15.4. The van der Waals surface area contributed by atoms with E-state index in [4.69, 9.17) is 34.4 Å². The molecule has 1 aromatic carbocycles. The molecule has 12 amide bonds. The number of aliphatic imine (C=N–C) groups is 2. The molecule has 3 fully saturated rings. The average Bonchev–Trinajstić information content (AvgIpc) is 2.00.